The molecular formula is C12H16BrClN2O2S. The summed E-state index contributed by atoms with van der Waals surface area (Å²) in [7, 11) is -1.97. The fraction of sp³-hybridized carbons (Fsp3) is 0.583. The highest BCUT2D eigenvalue weighted by atomic mass is 79.9. The largest absolute Gasteiger partial charge is 0.245 e. The molecule has 0 bridgehead atoms. The van der Waals surface area contributed by atoms with Crippen molar-refractivity contribution in [3.63, 3.8) is 0 Å². The zero-order chi connectivity index (χ0) is 14.0. The number of hydrogen-bond donors (Lipinski definition) is 0. The van der Waals surface area contributed by atoms with E-state index in [1.54, 1.807) is 7.05 Å². The quantitative estimate of drug-likeness (QED) is 0.767. The number of halogens is 2. The van der Waals surface area contributed by atoms with E-state index in [9.17, 15) is 8.42 Å². The van der Waals surface area contributed by atoms with Crippen LogP contribution in [0.2, 0.25) is 5.15 Å². The van der Waals surface area contributed by atoms with Gasteiger partial charge >= 0.3 is 0 Å². The number of sulfonamides is 1. The molecule has 19 heavy (non-hydrogen) atoms. The summed E-state index contributed by atoms with van der Waals surface area (Å²) in [5, 5.41) is 0.0153. The van der Waals surface area contributed by atoms with Gasteiger partial charge in [0.25, 0.3) is 0 Å². The van der Waals surface area contributed by atoms with Crippen molar-refractivity contribution in [1.82, 2.24) is 9.29 Å². The molecule has 1 aliphatic rings. The Kier molecular flexibility index (Phi) is 4.87. The van der Waals surface area contributed by atoms with Gasteiger partial charge in [0.1, 0.15) is 10.0 Å². The van der Waals surface area contributed by atoms with E-state index in [-0.39, 0.29) is 10.0 Å². The molecule has 1 heterocycles. The zero-order valence-corrected chi connectivity index (χ0v) is 13.8. The average Bonchev–Trinajstić information content (AvgIpc) is 2.85. The van der Waals surface area contributed by atoms with Crippen LogP contribution in [0.5, 0.6) is 0 Å². The molecule has 1 aliphatic carbocycles. The van der Waals surface area contributed by atoms with E-state index < -0.39 is 10.0 Å². The molecular weight excluding hydrogens is 352 g/mol. The Morgan fingerprint density at radius 2 is 2.11 bits per heavy atom. The Morgan fingerprint density at radius 3 is 2.74 bits per heavy atom. The number of hydrogen-bond acceptors (Lipinski definition) is 3. The molecule has 0 spiro atoms. The molecule has 0 N–H and O–H groups in total. The Bertz CT molecular complexity index is 559. The lowest BCUT2D eigenvalue weighted by atomic mass is 10.1. The molecule has 1 saturated carbocycles. The van der Waals surface area contributed by atoms with Crippen LogP contribution in [0, 0.1) is 5.92 Å². The maximum atomic E-state index is 12.5. The van der Waals surface area contributed by atoms with Gasteiger partial charge in [-0.2, -0.15) is 0 Å². The summed E-state index contributed by atoms with van der Waals surface area (Å²) in [6, 6.07) is 1.50. The first-order chi connectivity index (χ1) is 8.91. The van der Waals surface area contributed by atoms with Gasteiger partial charge in [0.2, 0.25) is 10.0 Å². The molecule has 1 aromatic rings. The average molecular weight is 368 g/mol. The Balaban J connectivity index is 2.22. The molecule has 0 amide bonds. The SMILES string of the molecule is CN(CC1CCCC1)S(=O)(=O)c1cc(Br)cnc1Cl. The van der Waals surface area contributed by atoms with Gasteiger partial charge in [-0.05, 0) is 40.8 Å². The van der Waals surface area contributed by atoms with Gasteiger partial charge in [-0.3, -0.25) is 0 Å². The highest BCUT2D eigenvalue weighted by Crippen LogP contribution is 2.29. The molecule has 4 nitrogen and oxygen atoms in total. The molecule has 1 aromatic heterocycles. The maximum Gasteiger partial charge on any atom is 0.245 e. The van der Waals surface area contributed by atoms with Crippen LogP contribution in [0.25, 0.3) is 0 Å². The second-order valence-corrected chi connectivity index (χ2v) is 8.17. The molecule has 0 radical (unpaired) electrons. The lowest BCUT2D eigenvalue weighted by molar-refractivity contribution is 0.387. The molecule has 0 aliphatic heterocycles. The van der Waals surface area contributed by atoms with Crippen LogP contribution in [-0.2, 0) is 10.0 Å². The van der Waals surface area contributed by atoms with Crippen LogP contribution in [-0.4, -0.2) is 31.3 Å². The van der Waals surface area contributed by atoms with Gasteiger partial charge in [-0.25, -0.2) is 17.7 Å². The van der Waals surface area contributed by atoms with Gasteiger partial charge in [0.05, 0.1) is 0 Å². The molecule has 106 valence electrons. The van der Waals surface area contributed by atoms with Crippen molar-refractivity contribution in [2.75, 3.05) is 13.6 Å². The van der Waals surface area contributed by atoms with Crippen molar-refractivity contribution in [3.05, 3.63) is 21.9 Å². The van der Waals surface area contributed by atoms with E-state index in [1.807, 2.05) is 0 Å². The van der Waals surface area contributed by atoms with Crippen molar-refractivity contribution in [2.45, 2.75) is 30.6 Å². The van der Waals surface area contributed by atoms with Crippen molar-refractivity contribution in [1.29, 1.82) is 0 Å². The fourth-order valence-electron chi connectivity index (χ4n) is 2.41. The molecule has 7 heteroatoms. The summed E-state index contributed by atoms with van der Waals surface area (Å²) in [5.41, 5.74) is 0. The molecule has 1 fully saturated rings. The van der Waals surface area contributed by atoms with Crippen LogP contribution >= 0.6 is 27.5 Å². The molecule has 0 saturated heterocycles. The topological polar surface area (TPSA) is 50.3 Å². The van der Waals surface area contributed by atoms with E-state index in [0.29, 0.717) is 16.9 Å². The minimum absolute atomic E-state index is 0.0153. The van der Waals surface area contributed by atoms with Crippen molar-refractivity contribution < 1.29 is 8.42 Å². The number of aromatic nitrogens is 1. The molecule has 2 rings (SSSR count). The molecule has 0 aromatic carbocycles. The van der Waals surface area contributed by atoms with E-state index in [0.717, 1.165) is 12.8 Å². The van der Waals surface area contributed by atoms with Crippen LogP contribution in [0.15, 0.2) is 21.6 Å². The van der Waals surface area contributed by atoms with Crippen LogP contribution in [0.4, 0.5) is 0 Å². The first-order valence-corrected chi connectivity index (χ1v) is 8.80. The highest BCUT2D eigenvalue weighted by molar-refractivity contribution is 9.10. The molecule has 0 unspecified atom stereocenters. The third-order valence-corrected chi connectivity index (χ3v) is 6.14. The van der Waals surface area contributed by atoms with Gasteiger partial charge in [0, 0.05) is 24.3 Å². The van der Waals surface area contributed by atoms with Gasteiger partial charge in [-0.15, -0.1) is 0 Å². The van der Waals surface area contributed by atoms with Crippen LogP contribution in [0.3, 0.4) is 0 Å². The van der Waals surface area contributed by atoms with Crippen molar-refractivity contribution in [2.24, 2.45) is 5.92 Å². The van der Waals surface area contributed by atoms with Crippen LogP contribution < -0.4 is 0 Å². The predicted octanol–water partition coefficient (Wildman–Crippen LogP) is 3.31. The smallest absolute Gasteiger partial charge is 0.242 e. The summed E-state index contributed by atoms with van der Waals surface area (Å²) in [5.74, 6) is 0.457. The van der Waals surface area contributed by atoms with Gasteiger partial charge in [0.15, 0.2) is 0 Å². The second-order valence-electron chi connectivity index (χ2n) is 4.88. The number of pyridine rings is 1. The number of nitrogens with zero attached hydrogens (tertiary/aromatic N) is 2. The predicted molar refractivity (Wildman–Crippen MR) is 78.7 cm³/mol. The Hall–Kier alpha value is -0.170. The first kappa shape index (κ1) is 15.2. The zero-order valence-electron chi connectivity index (χ0n) is 10.6. The first-order valence-electron chi connectivity index (χ1n) is 6.18. The van der Waals surface area contributed by atoms with E-state index in [4.69, 9.17) is 11.6 Å². The summed E-state index contributed by atoms with van der Waals surface area (Å²) >= 11 is 9.13. The monoisotopic (exact) mass is 366 g/mol. The minimum Gasteiger partial charge on any atom is -0.242 e. The normalized spacial score (nSPS) is 17.3. The summed E-state index contributed by atoms with van der Waals surface area (Å²) < 4.78 is 26.9. The van der Waals surface area contributed by atoms with Crippen molar-refractivity contribution >= 4 is 37.6 Å². The minimum atomic E-state index is -3.57. The lowest BCUT2D eigenvalue weighted by Crippen LogP contribution is -2.31. The van der Waals surface area contributed by atoms with Crippen LogP contribution in [0.1, 0.15) is 25.7 Å². The third kappa shape index (κ3) is 3.48. The lowest BCUT2D eigenvalue weighted by Gasteiger charge is -2.21. The summed E-state index contributed by atoms with van der Waals surface area (Å²) in [6.07, 6.45) is 6.07. The van der Waals surface area contributed by atoms with Gasteiger partial charge in [-0.1, -0.05) is 24.4 Å². The highest BCUT2D eigenvalue weighted by Gasteiger charge is 2.27. The standard InChI is InChI=1S/C12H16BrClN2O2S/c1-16(8-9-4-2-3-5-9)19(17,18)11-6-10(13)7-15-12(11)14/h6-7,9H,2-5,8H2,1H3. The summed E-state index contributed by atoms with van der Waals surface area (Å²) in [6.45, 7) is 0.547. The fourth-order valence-corrected chi connectivity index (χ4v) is 4.57. The summed E-state index contributed by atoms with van der Waals surface area (Å²) in [4.78, 5) is 3.93. The number of rotatable bonds is 4. The van der Waals surface area contributed by atoms with Gasteiger partial charge < -0.3 is 0 Å². The van der Waals surface area contributed by atoms with E-state index in [1.165, 1.54) is 29.4 Å². The Labute approximate surface area is 127 Å². The van der Waals surface area contributed by atoms with E-state index in [2.05, 4.69) is 20.9 Å². The third-order valence-electron chi connectivity index (χ3n) is 3.45. The van der Waals surface area contributed by atoms with E-state index >= 15 is 0 Å². The Morgan fingerprint density at radius 1 is 1.47 bits per heavy atom. The molecule has 0 atom stereocenters. The second kappa shape index (κ2) is 6.08. The maximum absolute atomic E-state index is 12.5. The van der Waals surface area contributed by atoms with Crippen molar-refractivity contribution in [3.8, 4) is 0 Å².